The number of ether oxygens (including phenoxy) is 1. The first-order valence-corrected chi connectivity index (χ1v) is 9.55. The number of benzene rings is 1. The molecule has 0 atom stereocenters. The molecule has 0 fully saturated rings. The van der Waals surface area contributed by atoms with Crippen molar-refractivity contribution in [3.05, 3.63) is 36.0 Å². The molecule has 1 heterocycles. The van der Waals surface area contributed by atoms with Gasteiger partial charge in [0.2, 0.25) is 0 Å². The van der Waals surface area contributed by atoms with E-state index in [0.29, 0.717) is 25.8 Å². The number of nitrogens with zero attached hydrogens (tertiary/aromatic N) is 1. The molecule has 0 amide bonds. The summed E-state index contributed by atoms with van der Waals surface area (Å²) in [5, 5.41) is 1.14. The zero-order valence-corrected chi connectivity index (χ0v) is 14.5. The summed E-state index contributed by atoms with van der Waals surface area (Å²) in [6.07, 6.45) is 4.91. The van der Waals surface area contributed by atoms with E-state index < -0.39 is 10.1 Å². The average Bonchev–Trinajstić information content (AvgIpc) is 2.89. The number of aromatic nitrogens is 1. The van der Waals surface area contributed by atoms with Gasteiger partial charge in [0.15, 0.2) is 0 Å². The van der Waals surface area contributed by atoms with Crippen molar-refractivity contribution in [1.29, 1.82) is 0 Å². The summed E-state index contributed by atoms with van der Waals surface area (Å²) in [7, 11) is -2.76. The van der Waals surface area contributed by atoms with Crippen LogP contribution in [-0.4, -0.2) is 36.4 Å². The van der Waals surface area contributed by atoms with Crippen LogP contribution in [0, 0.1) is 0 Å². The van der Waals surface area contributed by atoms with Gasteiger partial charge in [-0.25, -0.2) is 8.42 Å². The number of carbonyl (C=O) groups excluding carboxylic acids is 1. The van der Waals surface area contributed by atoms with Gasteiger partial charge in [0.05, 0.1) is 17.2 Å². The normalized spacial score (nSPS) is 11.8. The molecule has 132 valence electrons. The Labute approximate surface area is 142 Å². The lowest BCUT2D eigenvalue weighted by Gasteiger charge is -2.07. The van der Waals surface area contributed by atoms with Crippen LogP contribution >= 0.6 is 0 Å². The van der Waals surface area contributed by atoms with Crippen molar-refractivity contribution in [2.24, 2.45) is 0 Å². The second-order valence-electron chi connectivity index (χ2n) is 5.76. The minimum Gasteiger partial charge on any atom is -0.748 e. The topological polar surface area (TPSA) is 88.4 Å². The third-order valence-corrected chi connectivity index (χ3v) is 4.76. The Hall–Kier alpha value is -1.86. The number of esters is 1. The van der Waals surface area contributed by atoms with Crippen LogP contribution in [0.1, 0.15) is 31.2 Å². The molecular weight excluding hydrogens is 330 g/mol. The summed E-state index contributed by atoms with van der Waals surface area (Å²) in [5.41, 5.74) is 2.24. The predicted octanol–water partition coefficient (Wildman–Crippen LogP) is 2.46. The summed E-state index contributed by atoms with van der Waals surface area (Å²) >= 11 is 0. The van der Waals surface area contributed by atoms with E-state index in [2.05, 4.69) is 9.30 Å². The van der Waals surface area contributed by atoms with E-state index in [1.807, 2.05) is 30.5 Å². The Morgan fingerprint density at radius 3 is 2.67 bits per heavy atom. The SMILES string of the molecule is COC(=O)CCCc1cn(CCCCS(=O)(=O)[O-])c2ccccc12. The lowest BCUT2D eigenvalue weighted by atomic mass is 10.1. The monoisotopic (exact) mass is 352 g/mol. The van der Waals surface area contributed by atoms with Gasteiger partial charge >= 0.3 is 5.97 Å². The number of para-hydroxylation sites is 1. The molecule has 0 unspecified atom stereocenters. The van der Waals surface area contributed by atoms with E-state index in [1.165, 1.54) is 7.11 Å². The Morgan fingerprint density at radius 1 is 1.21 bits per heavy atom. The maximum absolute atomic E-state index is 11.2. The van der Waals surface area contributed by atoms with E-state index in [4.69, 9.17) is 0 Å². The molecule has 0 bridgehead atoms. The molecule has 0 N–H and O–H groups in total. The van der Waals surface area contributed by atoms with Crippen LogP contribution in [0.2, 0.25) is 0 Å². The highest BCUT2D eigenvalue weighted by atomic mass is 32.2. The summed E-state index contributed by atoms with van der Waals surface area (Å²) in [5.74, 6) is -0.532. The Balaban J connectivity index is 2.03. The average molecular weight is 352 g/mol. The van der Waals surface area contributed by atoms with Gasteiger partial charge in [-0.05, 0) is 37.3 Å². The number of methoxy groups -OCH3 is 1. The lowest BCUT2D eigenvalue weighted by Crippen LogP contribution is -2.05. The number of unbranched alkanes of at least 4 members (excludes halogenated alkanes) is 1. The first kappa shape index (κ1) is 18.5. The van der Waals surface area contributed by atoms with Crippen LogP contribution in [0.4, 0.5) is 0 Å². The first-order valence-electron chi connectivity index (χ1n) is 7.98. The molecule has 2 rings (SSSR count). The third-order valence-electron chi connectivity index (χ3n) is 3.97. The summed E-state index contributed by atoms with van der Waals surface area (Å²) < 4.78 is 38.7. The Kier molecular flexibility index (Phi) is 6.39. The quantitative estimate of drug-likeness (QED) is 0.393. The van der Waals surface area contributed by atoms with E-state index in [1.54, 1.807) is 0 Å². The van der Waals surface area contributed by atoms with Crippen molar-refractivity contribution in [2.75, 3.05) is 12.9 Å². The zero-order chi connectivity index (χ0) is 17.6. The second kappa shape index (κ2) is 8.30. The molecule has 6 nitrogen and oxygen atoms in total. The molecule has 1 aromatic carbocycles. The molecule has 1 aromatic heterocycles. The molecule has 0 saturated heterocycles. The molecule has 0 spiro atoms. The van der Waals surface area contributed by atoms with Crippen LogP contribution in [0.15, 0.2) is 30.5 Å². The molecule has 7 heteroatoms. The fourth-order valence-electron chi connectivity index (χ4n) is 2.79. The fraction of sp³-hybridized carbons (Fsp3) is 0.471. The molecule has 0 radical (unpaired) electrons. The molecule has 2 aromatic rings. The van der Waals surface area contributed by atoms with E-state index in [0.717, 1.165) is 29.3 Å². The van der Waals surface area contributed by atoms with Crippen molar-refractivity contribution >= 4 is 27.0 Å². The summed E-state index contributed by atoms with van der Waals surface area (Å²) in [6, 6.07) is 7.99. The number of aryl methyl sites for hydroxylation is 2. The van der Waals surface area contributed by atoms with Crippen molar-refractivity contribution in [3.8, 4) is 0 Å². The molecule has 0 saturated carbocycles. The first-order chi connectivity index (χ1) is 11.4. The van der Waals surface area contributed by atoms with Gasteiger partial charge in [-0.2, -0.15) is 0 Å². The molecular formula is C17H22NO5S-. The summed E-state index contributed by atoms with van der Waals surface area (Å²) in [4.78, 5) is 11.2. The van der Waals surface area contributed by atoms with Gasteiger partial charge in [-0.15, -0.1) is 0 Å². The van der Waals surface area contributed by atoms with Crippen LogP contribution in [0.3, 0.4) is 0 Å². The maximum atomic E-state index is 11.2. The van der Waals surface area contributed by atoms with Crippen molar-refractivity contribution in [1.82, 2.24) is 4.57 Å². The van der Waals surface area contributed by atoms with E-state index in [-0.39, 0.29) is 11.7 Å². The second-order valence-corrected chi connectivity index (χ2v) is 7.29. The van der Waals surface area contributed by atoms with Crippen molar-refractivity contribution in [3.63, 3.8) is 0 Å². The largest absolute Gasteiger partial charge is 0.748 e. The maximum Gasteiger partial charge on any atom is 0.305 e. The lowest BCUT2D eigenvalue weighted by molar-refractivity contribution is -0.140. The molecule has 0 aliphatic carbocycles. The van der Waals surface area contributed by atoms with Crippen LogP contribution in [-0.2, 0) is 32.6 Å². The van der Waals surface area contributed by atoms with E-state index >= 15 is 0 Å². The van der Waals surface area contributed by atoms with Gasteiger partial charge in [-0.1, -0.05) is 18.2 Å². The number of carbonyl (C=O) groups is 1. The smallest absolute Gasteiger partial charge is 0.305 e. The molecule has 0 aliphatic heterocycles. The van der Waals surface area contributed by atoms with Gasteiger partial charge < -0.3 is 13.9 Å². The van der Waals surface area contributed by atoms with E-state index in [9.17, 15) is 17.8 Å². The minimum atomic E-state index is -4.14. The van der Waals surface area contributed by atoms with Gasteiger partial charge in [0, 0.05) is 35.8 Å². The highest BCUT2D eigenvalue weighted by molar-refractivity contribution is 7.85. The van der Waals surface area contributed by atoms with Gasteiger partial charge in [0.25, 0.3) is 0 Å². The molecule has 24 heavy (non-hydrogen) atoms. The number of hydrogen-bond donors (Lipinski definition) is 0. The van der Waals surface area contributed by atoms with Crippen LogP contribution in [0.5, 0.6) is 0 Å². The Bertz CT molecular complexity index is 794. The van der Waals surface area contributed by atoms with Crippen molar-refractivity contribution < 1.29 is 22.5 Å². The fourth-order valence-corrected chi connectivity index (χ4v) is 3.35. The molecule has 0 aliphatic rings. The standard InChI is InChI=1S/C17H23NO5S/c1-23-17(19)10-6-7-14-13-18(11-4-5-12-24(20,21)22)16-9-3-2-8-15(14)16/h2-3,8-9,13H,4-7,10-12H2,1H3,(H,20,21,22)/p-1. The van der Waals surface area contributed by atoms with Crippen LogP contribution in [0.25, 0.3) is 10.9 Å². The van der Waals surface area contributed by atoms with Crippen LogP contribution < -0.4 is 0 Å². The van der Waals surface area contributed by atoms with Gasteiger partial charge in [-0.3, -0.25) is 4.79 Å². The highest BCUT2D eigenvalue weighted by Crippen LogP contribution is 2.23. The zero-order valence-electron chi connectivity index (χ0n) is 13.7. The third kappa shape index (κ3) is 5.35. The van der Waals surface area contributed by atoms with Gasteiger partial charge in [0.1, 0.15) is 0 Å². The summed E-state index contributed by atoms with van der Waals surface area (Å²) in [6.45, 7) is 0.660. The van der Waals surface area contributed by atoms with Crippen molar-refractivity contribution in [2.45, 2.75) is 38.6 Å². The number of hydrogen-bond acceptors (Lipinski definition) is 5. The minimum absolute atomic E-state index is 0.211. The Morgan fingerprint density at radius 2 is 1.96 bits per heavy atom. The number of fused-ring (bicyclic) bond motifs is 1. The predicted molar refractivity (Wildman–Crippen MR) is 90.7 cm³/mol. The number of rotatable bonds is 9. The highest BCUT2D eigenvalue weighted by Gasteiger charge is 2.09.